The van der Waals surface area contributed by atoms with Gasteiger partial charge in [0.15, 0.2) is 0 Å². The largest absolute Gasteiger partial charge is 0.462 e. The predicted octanol–water partition coefficient (Wildman–Crippen LogP) is 1.12. The summed E-state index contributed by atoms with van der Waals surface area (Å²) in [5.74, 6) is -0.0305. The van der Waals surface area contributed by atoms with Crippen molar-refractivity contribution in [2.45, 2.75) is 25.7 Å². The van der Waals surface area contributed by atoms with Crippen LogP contribution >= 0.6 is 0 Å². The van der Waals surface area contributed by atoms with Crippen molar-refractivity contribution in [3.63, 3.8) is 0 Å². The lowest BCUT2D eigenvalue weighted by atomic mass is 10.2. The number of anilines is 1. The summed E-state index contributed by atoms with van der Waals surface area (Å²) in [6.45, 7) is 6.83. The smallest absolute Gasteiger partial charge is 0.341 e. The third-order valence-corrected chi connectivity index (χ3v) is 7.14. The number of rotatable bonds is 5. The van der Waals surface area contributed by atoms with Crippen LogP contribution in [-0.4, -0.2) is 66.0 Å². The second kappa shape index (κ2) is 7.88. The van der Waals surface area contributed by atoms with E-state index >= 15 is 0 Å². The van der Waals surface area contributed by atoms with Crippen LogP contribution in [0.15, 0.2) is 23.4 Å². The first kappa shape index (κ1) is 20.3. The maximum atomic E-state index is 13.4. The Balaban J connectivity index is 1.90. The van der Waals surface area contributed by atoms with E-state index in [-0.39, 0.29) is 30.2 Å². The fourth-order valence-electron chi connectivity index (χ4n) is 3.39. The number of nitrogens with zero attached hydrogens (tertiary/aromatic N) is 5. The van der Waals surface area contributed by atoms with Gasteiger partial charge in [-0.2, -0.15) is 4.31 Å². The van der Waals surface area contributed by atoms with Gasteiger partial charge in [-0.1, -0.05) is 0 Å². The Morgan fingerprint density at radius 2 is 1.71 bits per heavy atom. The van der Waals surface area contributed by atoms with Crippen LogP contribution in [0.1, 0.15) is 28.7 Å². The minimum Gasteiger partial charge on any atom is -0.462 e. The molecule has 3 heterocycles. The quantitative estimate of drug-likeness (QED) is 0.685. The number of aromatic nitrogens is 3. The number of piperazine rings is 1. The fraction of sp³-hybridized carbons (Fsp3) is 0.500. The molecule has 9 nitrogen and oxygen atoms in total. The maximum Gasteiger partial charge on any atom is 0.341 e. The molecule has 1 aliphatic rings. The molecule has 0 N–H and O–H groups in total. The van der Waals surface area contributed by atoms with Crippen LogP contribution in [0, 0.1) is 13.8 Å². The van der Waals surface area contributed by atoms with E-state index in [1.807, 2.05) is 4.90 Å². The van der Waals surface area contributed by atoms with Crippen molar-refractivity contribution in [3.8, 4) is 0 Å². The van der Waals surface area contributed by atoms with E-state index in [9.17, 15) is 13.2 Å². The summed E-state index contributed by atoms with van der Waals surface area (Å²) in [6.07, 6.45) is 3.32. The van der Waals surface area contributed by atoms with E-state index in [1.165, 1.54) is 4.31 Å². The molecule has 0 aromatic carbocycles. The first-order chi connectivity index (χ1) is 13.3. The lowest BCUT2D eigenvalue weighted by Gasteiger charge is -2.34. The number of carbonyl (C=O) groups is 1. The first-order valence-electron chi connectivity index (χ1n) is 9.14. The van der Waals surface area contributed by atoms with Crippen molar-refractivity contribution in [2.24, 2.45) is 7.05 Å². The van der Waals surface area contributed by atoms with Crippen LogP contribution in [0.4, 0.5) is 5.95 Å². The van der Waals surface area contributed by atoms with E-state index in [0.29, 0.717) is 30.4 Å². The summed E-state index contributed by atoms with van der Waals surface area (Å²) in [5, 5.41) is 0. The van der Waals surface area contributed by atoms with Gasteiger partial charge in [-0.3, -0.25) is 0 Å². The standard InChI is InChI=1S/C18H25N5O4S/c1-5-27-17(24)15-13(2)21(4)14(3)16(15)28(25,26)23-11-9-22(10-12-23)18-19-7-6-8-20-18/h6-8H,5,9-12H2,1-4H3. The van der Waals surface area contributed by atoms with E-state index < -0.39 is 16.0 Å². The molecule has 0 atom stereocenters. The highest BCUT2D eigenvalue weighted by Crippen LogP contribution is 2.30. The molecule has 2 aromatic heterocycles. The average molecular weight is 407 g/mol. The van der Waals surface area contributed by atoms with Gasteiger partial charge in [-0.05, 0) is 26.8 Å². The SMILES string of the molecule is CCOC(=O)c1c(S(=O)(=O)N2CCN(c3ncccn3)CC2)c(C)n(C)c1C. The van der Waals surface area contributed by atoms with E-state index in [0.717, 1.165) is 0 Å². The minimum absolute atomic E-state index is 0.0374. The van der Waals surface area contributed by atoms with E-state index in [4.69, 9.17) is 4.74 Å². The second-order valence-corrected chi connectivity index (χ2v) is 8.47. The summed E-state index contributed by atoms with van der Waals surface area (Å²) >= 11 is 0. The molecule has 0 unspecified atom stereocenters. The van der Waals surface area contributed by atoms with Crippen LogP contribution in [0.2, 0.25) is 0 Å². The first-order valence-corrected chi connectivity index (χ1v) is 10.6. The highest BCUT2D eigenvalue weighted by atomic mass is 32.2. The highest BCUT2D eigenvalue weighted by molar-refractivity contribution is 7.89. The normalized spacial score (nSPS) is 15.6. The lowest BCUT2D eigenvalue weighted by Crippen LogP contribution is -2.49. The molecular formula is C18H25N5O4S. The predicted molar refractivity (Wildman–Crippen MR) is 104 cm³/mol. The van der Waals surface area contributed by atoms with Gasteiger partial charge in [-0.15, -0.1) is 0 Å². The molecule has 28 heavy (non-hydrogen) atoms. The van der Waals surface area contributed by atoms with Crippen molar-refractivity contribution in [1.29, 1.82) is 0 Å². The molecule has 0 bridgehead atoms. The maximum absolute atomic E-state index is 13.4. The van der Waals surface area contributed by atoms with Crippen LogP contribution in [-0.2, 0) is 21.8 Å². The van der Waals surface area contributed by atoms with Gasteiger partial charge in [0, 0.05) is 57.0 Å². The Kier molecular flexibility index (Phi) is 5.71. The number of sulfonamides is 1. The van der Waals surface area contributed by atoms with Crippen LogP contribution in [0.5, 0.6) is 0 Å². The zero-order valence-electron chi connectivity index (χ0n) is 16.5. The van der Waals surface area contributed by atoms with Crippen molar-refractivity contribution < 1.29 is 17.9 Å². The Labute approximate surface area is 165 Å². The molecule has 0 saturated carbocycles. The van der Waals surface area contributed by atoms with Crippen molar-refractivity contribution in [3.05, 3.63) is 35.4 Å². The molecule has 10 heteroatoms. The number of hydrogen-bond donors (Lipinski definition) is 0. The molecule has 0 spiro atoms. The van der Waals surface area contributed by atoms with Crippen molar-refractivity contribution in [1.82, 2.24) is 18.8 Å². The molecule has 152 valence electrons. The molecule has 1 fully saturated rings. The topological polar surface area (TPSA) is 97.6 Å². The van der Waals surface area contributed by atoms with Crippen LogP contribution in [0.3, 0.4) is 0 Å². The third kappa shape index (κ3) is 3.49. The molecule has 0 radical (unpaired) electrons. The third-order valence-electron chi connectivity index (χ3n) is 5.07. The summed E-state index contributed by atoms with van der Waals surface area (Å²) in [7, 11) is -2.10. The summed E-state index contributed by atoms with van der Waals surface area (Å²) < 4.78 is 35.0. The van der Waals surface area contributed by atoms with E-state index in [2.05, 4.69) is 9.97 Å². The Morgan fingerprint density at radius 1 is 1.11 bits per heavy atom. The lowest BCUT2D eigenvalue weighted by molar-refractivity contribution is 0.0521. The zero-order valence-corrected chi connectivity index (χ0v) is 17.4. The second-order valence-electron chi connectivity index (χ2n) is 6.59. The molecular weight excluding hydrogens is 382 g/mol. The highest BCUT2D eigenvalue weighted by Gasteiger charge is 2.37. The monoisotopic (exact) mass is 407 g/mol. The van der Waals surface area contributed by atoms with Crippen molar-refractivity contribution in [2.75, 3.05) is 37.7 Å². The van der Waals surface area contributed by atoms with Crippen LogP contribution in [0.25, 0.3) is 0 Å². The van der Waals surface area contributed by atoms with Gasteiger partial charge in [0.2, 0.25) is 16.0 Å². The van der Waals surface area contributed by atoms with Gasteiger partial charge >= 0.3 is 5.97 Å². The Hall–Kier alpha value is -2.46. The molecule has 1 aliphatic heterocycles. The molecule has 2 aromatic rings. The number of ether oxygens (including phenoxy) is 1. The van der Waals surface area contributed by atoms with Gasteiger partial charge in [0.25, 0.3) is 0 Å². The fourth-order valence-corrected chi connectivity index (χ4v) is 5.29. The number of hydrogen-bond acceptors (Lipinski definition) is 7. The zero-order chi connectivity index (χ0) is 20.5. The van der Waals surface area contributed by atoms with Gasteiger partial charge in [-0.25, -0.2) is 23.2 Å². The number of esters is 1. The van der Waals surface area contributed by atoms with Crippen molar-refractivity contribution >= 4 is 21.9 Å². The van der Waals surface area contributed by atoms with Crippen LogP contribution < -0.4 is 4.90 Å². The average Bonchev–Trinajstić information content (AvgIpc) is 2.93. The summed E-state index contributed by atoms with van der Waals surface area (Å²) in [5.41, 5.74) is 1.22. The molecule has 0 amide bonds. The van der Waals surface area contributed by atoms with Gasteiger partial charge in [0.1, 0.15) is 10.5 Å². The molecule has 3 rings (SSSR count). The minimum atomic E-state index is -3.85. The van der Waals surface area contributed by atoms with E-state index in [1.54, 1.807) is 50.8 Å². The molecule has 0 aliphatic carbocycles. The Bertz CT molecular complexity index is 964. The Morgan fingerprint density at radius 3 is 2.29 bits per heavy atom. The summed E-state index contributed by atoms with van der Waals surface area (Å²) in [4.78, 5) is 22.9. The number of carbonyl (C=O) groups excluding carboxylic acids is 1. The molecule has 1 saturated heterocycles. The summed E-state index contributed by atoms with van der Waals surface area (Å²) in [6, 6.07) is 1.74. The van der Waals surface area contributed by atoms with Gasteiger partial charge < -0.3 is 14.2 Å². The van der Waals surface area contributed by atoms with Gasteiger partial charge in [0.05, 0.1) is 6.61 Å².